The maximum Gasteiger partial charge on any atom is 0.123 e. The lowest BCUT2D eigenvalue weighted by atomic mass is 9.94. The second-order valence-electron chi connectivity index (χ2n) is 6.38. The molecule has 1 aromatic carbocycles. The fourth-order valence-electron chi connectivity index (χ4n) is 3.96. The van der Waals surface area contributed by atoms with Gasteiger partial charge >= 0.3 is 0 Å². The third-order valence-corrected chi connectivity index (χ3v) is 5.39. The van der Waals surface area contributed by atoms with E-state index >= 15 is 0 Å². The second kappa shape index (κ2) is 5.32. The van der Waals surface area contributed by atoms with Gasteiger partial charge in [0.05, 0.1) is 0 Å². The Bertz CT molecular complexity index is 493. The maximum atomic E-state index is 6.09. The fraction of sp³-hybridized carbons (Fsp3) is 0.625. The lowest BCUT2D eigenvalue weighted by molar-refractivity contribution is 0.165. The van der Waals surface area contributed by atoms with Gasteiger partial charge in [0.1, 0.15) is 11.9 Å². The lowest BCUT2D eigenvalue weighted by Gasteiger charge is -2.24. The summed E-state index contributed by atoms with van der Waals surface area (Å²) in [5.41, 5.74) is 1.35. The van der Waals surface area contributed by atoms with Crippen molar-refractivity contribution in [1.29, 1.82) is 0 Å². The highest BCUT2D eigenvalue weighted by atomic mass is 79.9. The van der Waals surface area contributed by atoms with E-state index in [-0.39, 0.29) is 0 Å². The van der Waals surface area contributed by atoms with Crippen LogP contribution in [0.5, 0.6) is 5.75 Å². The number of nitrogens with zero attached hydrogens (tertiary/aromatic N) is 1. The maximum absolute atomic E-state index is 6.09. The quantitative estimate of drug-likeness (QED) is 0.897. The molecule has 20 heavy (non-hydrogen) atoms. The van der Waals surface area contributed by atoms with Crippen molar-refractivity contribution >= 4 is 15.9 Å². The van der Waals surface area contributed by atoms with Gasteiger partial charge in [-0.25, -0.2) is 0 Å². The molecule has 0 saturated carbocycles. The molecule has 3 heterocycles. The van der Waals surface area contributed by atoms with Gasteiger partial charge < -0.3 is 10.1 Å². The highest BCUT2D eigenvalue weighted by molar-refractivity contribution is 9.10. The molecule has 3 nitrogen and oxygen atoms in total. The average molecular weight is 337 g/mol. The molecular formula is C16H21BrN2O. The third kappa shape index (κ3) is 2.49. The first-order chi connectivity index (χ1) is 9.78. The topological polar surface area (TPSA) is 24.5 Å². The van der Waals surface area contributed by atoms with E-state index in [1.807, 2.05) is 0 Å². The Hall–Kier alpha value is -0.580. The minimum Gasteiger partial charge on any atom is -0.488 e. The Labute approximate surface area is 128 Å². The molecule has 0 spiro atoms. The van der Waals surface area contributed by atoms with Crippen LogP contribution in [0.4, 0.5) is 0 Å². The van der Waals surface area contributed by atoms with Crippen molar-refractivity contribution in [1.82, 2.24) is 10.2 Å². The molecule has 2 fully saturated rings. The molecule has 4 heteroatoms. The number of nitrogens with one attached hydrogen (secondary N) is 1. The van der Waals surface area contributed by atoms with Gasteiger partial charge in [-0.2, -0.15) is 0 Å². The second-order valence-corrected chi connectivity index (χ2v) is 7.29. The van der Waals surface area contributed by atoms with Crippen molar-refractivity contribution < 1.29 is 4.74 Å². The first-order valence-electron chi connectivity index (χ1n) is 7.69. The zero-order valence-electron chi connectivity index (χ0n) is 11.6. The summed E-state index contributed by atoms with van der Waals surface area (Å²) in [6.07, 6.45) is 4.12. The first kappa shape index (κ1) is 13.1. The van der Waals surface area contributed by atoms with Crippen LogP contribution in [0.1, 0.15) is 18.4 Å². The zero-order chi connectivity index (χ0) is 13.5. The van der Waals surface area contributed by atoms with Crippen LogP contribution < -0.4 is 10.1 Å². The zero-order valence-corrected chi connectivity index (χ0v) is 13.2. The summed E-state index contributed by atoms with van der Waals surface area (Å²) >= 11 is 3.54. The molecule has 0 bridgehead atoms. The van der Waals surface area contributed by atoms with Gasteiger partial charge in [-0.1, -0.05) is 15.9 Å². The minimum absolute atomic E-state index is 0.333. The highest BCUT2D eigenvalue weighted by Gasteiger charge is 2.36. The third-order valence-electron chi connectivity index (χ3n) is 4.90. The van der Waals surface area contributed by atoms with Crippen LogP contribution in [0.15, 0.2) is 22.7 Å². The number of fused-ring (bicyclic) bond motifs is 2. The van der Waals surface area contributed by atoms with Gasteiger partial charge in [-0.15, -0.1) is 0 Å². The average Bonchev–Trinajstić information content (AvgIpc) is 3.00. The molecule has 1 N–H and O–H groups in total. The van der Waals surface area contributed by atoms with E-state index in [9.17, 15) is 0 Å². The number of hydrogen-bond donors (Lipinski definition) is 1. The van der Waals surface area contributed by atoms with Gasteiger partial charge in [-0.05, 0) is 49.1 Å². The summed E-state index contributed by atoms with van der Waals surface area (Å²) in [5, 5.41) is 3.67. The lowest BCUT2D eigenvalue weighted by Crippen LogP contribution is -2.41. The van der Waals surface area contributed by atoms with Crippen LogP contribution in [0, 0.1) is 5.92 Å². The first-order valence-corrected chi connectivity index (χ1v) is 8.48. The Morgan fingerprint density at radius 2 is 2.30 bits per heavy atom. The summed E-state index contributed by atoms with van der Waals surface area (Å²) < 4.78 is 7.24. The molecule has 3 aliphatic rings. The van der Waals surface area contributed by atoms with Crippen molar-refractivity contribution in [3.8, 4) is 5.75 Å². The smallest absolute Gasteiger partial charge is 0.123 e. The van der Waals surface area contributed by atoms with Crippen molar-refractivity contribution in [3.05, 3.63) is 28.2 Å². The van der Waals surface area contributed by atoms with Crippen molar-refractivity contribution in [2.24, 2.45) is 5.92 Å². The van der Waals surface area contributed by atoms with E-state index in [0.717, 1.165) is 35.1 Å². The van der Waals surface area contributed by atoms with Gasteiger partial charge in [0, 0.05) is 36.6 Å². The van der Waals surface area contributed by atoms with Gasteiger partial charge in [0.25, 0.3) is 0 Å². The SMILES string of the molecule is Brc1ccc2c(c1)CC(CN1CC3CCCNC3C1)O2. The Morgan fingerprint density at radius 1 is 1.35 bits per heavy atom. The molecule has 3 atom stereocenters. The number of hydrogen-bond acceptors (Lipinski definition) is 3. The van der Waals surface area contributed by atoms with Crippen LogP contribution >= 0.6 is 15.9 Å². The minimum atomic E-state index is 0.333. The monoisotopic (exact) mass is 336 g/mol. The number of halogens is 1. The van der Waals surface area contributed by atoms with E-state index in [1.165, 1.54) is 38.0 Å². The predicted octanol–water partition coefficient (Wildman–Crippen LogP) is 2.44. The van der Waals surface area contributed by atoms with Crippen molar-refractivity contribution in [3.63, 3.8) is 0 Å². The van der Waals surface area contributed by atoms with Crippen LogP contribution in [-0.2, 0) is 6.42 Å². The van der Waals surface area contributed by atoms with Gasteiger partial charge in [0.15, 0.2) is 0 Å². The van der Waals surface area contributed by atoms with E-state index in [2.05, 4.69) is 44.3 Å². The predicted molar refractivity (Wildman–Crippen MR) is 83.2 cm³/mol. The summed E-state index contributed by atoms with van der Waals surface area (Å²) in [4.78, 5) is 2.60. The number of ether oxygens (including phenoxy) is 1. The summed E-state index contributed by atoms with van der Waals surface area (Å²) in [6, 6.07) is 7.07. The van der Waals surface area contributed by atoms with E-state index in [0.29, 0.717) is 6.10 Å². The Balaban J connectivity index is 1.37. The van der Waals surface area contributed by atoms with Crippen LogP contribution in [0.25, 0.3) is 0 Å². The van der Waals surface area contributed by atoms with E-state index in [1.54, 1.807) is 0 Å². The number of likely N-dealkylation sites (tertiary alicyclic amines) is 1. The molecule has 0 amide bonds. The van der Waals surface area contributed by atoms with Crippen molar-refractivity contribution in [2.75, 3.05) is 26.2 Å². The number of rotatable bonds is 2. The molecule has 2 saturated heterocycles. The van der Waals surface area contributed by atoms with Crippen LogP contribution in [0.3, 0.4) is 0 Å². The van der Waals surface area contributed by atoms with Crippen LogP contribution in [-0.4, -0.2) is 43.2 Å². The van der Waals surface area contributed by atoms with E-state index in [4.69, 9.17) is 4.74 Å². The Morgan fingerprint density at radius 3 is 3.20 bits per heavy atom. The molecule has 0 aromatic heterocycles. The largest absolute Gasteiger partial charge is 0.488 e. The van der Waals surface area contributed by atoms with Crippen molar-refractivity contribution in [2.45, 2.75) is 31.4 Å². The highest BCUT2D eigenvalue weighted by Crippen LogP contribution is 2.32. The van der Waals surface area contributed by atoms with Gasteiger partial charge in [-0.3, -0.25) is 4.90 Å². The van der Waals surface area contributed by atoms with Crippen LogP contribution in [0.2, 0.25) is 0 Å². The molecule has 4 rings (SSSR count). The summed E-state index contributed by atoms with van der Waals surface area (Å²) in [6.45, 7) is 4.72. The summed E-state index contributed by atoms with van der Waals surface area (Å²) in [5.74, 6) is 1.94. The molecule has 3 unspecified atom stereocenters. The standard InChI is InChI=1S/C16H21BrN2O/c17-13-3-4-16-12(6-13)7-14(20-16)9-19-8-11-2-1-5-18-15(11)10-19/h3-4,6,11,14-15,18H,1-2,5,7-10H2. The fourth-order valence-corrected chi connectivity index (χ4v) is 4.37. The molecule has 108 valence electrons. The molecular weight excluding hydrogens is 316 g/mol. The summed E-state index contributed by atoms with van der Waals surface area (Å²) in [7, 11) is 0. The molecule has 0 aliphatic carbocycles. The van der Waals surface area contributed by atoms with E-state index < -0.39 is 0 Å². The number of benzene rings is 1. The normalized spacial score (nSPS) is 32.8. The molecule has 1 aromatic rings. The Kier molecular flexibility index (Phi) is 3.49. The number of piperidine rings is 1. The van der Waals surface area contributed by atoms with Gasteiger partial charge in [0.2, 0.25) is 0 Å². The molecule has 3 aliphatic heterocycles. The molecule has 0 radical (unpaired) electrons.